The molecular formula is C10H9ClO5. The molecule has 1 aromatic rings. The summed E-state index contributed by atoms with van der Waals surface area (Å²) in [6, 6.07) is 3.01. The van der Waals surface area contributed by atoms with Crippen LogP contribution >= 0.6 is 11.6 Å². The Balaban J connectivity index is 2.95. The summed E-state index contributed by atoms with van der Waals surface area (Å²) in [5, 5.41) is 8.76. The maximum absolute atomic E-state index is 11.2. The Hall–Kier alpha value is -1.75. The Kier molecular flexibility index (Phi) is 4.13. The van der Waals surface area contributed by atoms with Crippen LogP contribution in [0.25, 0.3) is 6.08 Å². The van der Waals surface area contributed by atoms with Crippen molar-refractivity contribution in [1.82, 2.24) is 0 Å². The Morgan fingerprint density at radius 1 is 1.56 bits per heavy atom. The first-order chi connectivity index (χ1) is 7.52. The molecule has 0 aromatic carbocycles. The molecule has 0 aliphatic rings. The maximum atomic E-state index is 11.2. The van der Waals surface area contributed by atoms with Crippen molar-refractivity contribution in [3.8, 4) is 0 Å². The molecule has 0 radical (unpaired) electrons. The topological polar surface area (TPSA) is 76.7 Å². The summed E-state index contributed by atoms with van der Waals surface area (Å²) in [5.74, 6) is -1.55. The fraction of sp³-hybridized carbons (Fsp3) is 0.200. The van der Waals surface area contributed by atoms with Crippen LogP contribution in [0, 0.1) is 0 Å². The molecule has 1 rings (SSSR count). The quantitative estimate of drug-likeness (QED) is 0.647. The summed E-state index contributed by atoms with van der Waals surface area (Å²) in [7, 11) is 1.17. The minimum absolute atomic E-state index is 0.0129. The van der Waals surface area contributed by atoms with Crippen LogP contribution < -0.4 is 0 Å². The molecule has 0 fully saturated rings. The molecule has 0 bridgehead atoms. The van der Waals surface area contributed by atoms with E-state index in [1.807, 2.05) is 0 Å². The Morgan fingerprint density at radius 2 is 2.25 bits per heavy atom. The van der Waals surface area contributed by atoms with E-state index in [9.17, 15) is 9.59 Å². The number of esters is 1. The van der Waals surface area contributed by atoms with Crippen LogP contribution in [-0.4, -0.2) is 24.2 Å². The van der Waals surface area contributed by atoms with E-state index in [2.05, 4.69) is 4.74 Å². The second kappa shape index (κ2) is 5.37. The van der Waals surface area contributed by atoms with Gasteiger partial charge in [-0.2, -0.15) is 0 Å². The number of carboxylic acids is 1. The van der Waals surface area contributed by atoms with Gasteiger partial charge in [0.05, 0.1) is 19.1 Å². The molecule has 1 heterocycles. The number of carboxylic acid groups (broad SMARTS) is 1. The molecule has 1 aromatic heterocycles. The molecule has 0 saturated heterocycles. The molecule has 0 aliphatic heterocycles. The van der Waals surface area contributed by atoms with E-state index in [1.165, 1.54) is 25.3 Å². The van der Waals surface area contributed by atoms with E-state index in [1.54, 1.807) is 0 Å². The zero-order valence-electron chi connectivity index (χ0n) is 8.40. The highest BCUT2D eigenvalue weighted by molar-refractivity contribution is 6.28. The Labute approximate surface area is 96.3 Å². The molecule has 0 aliphatic carbocycles. The Bertz CT molecular complexity index is 432. The average Bonchev–Trinajstić information content (AvgIpc) is 2.61. The van der Waals surface area contributed by atoms with Gasteiger partial charge in [0.1, 0.15) is 5.76 Å². The fourth-order valence-electron chi connectivity index (χ4n) is 1.05. The number of furan rings is 1. The van der Waals surface area contributed by atoms with Gasteiger partial charge in [-0.15, -0.1) is 0 Å². The van der Waals surface area contributed by atoms with Gasteiger partial charge in [0.25, 0.3) is 0 Å². The van der Waals surface area contributed by atoms with Gasteiger partial charge in [-0.3, -0.25) is 4.79 Å². The SMILES string of the molecule is COC(=O)C(=Cc1ccc(Cl)o1)CC(=O)O. The van der Waals surface area contributed by atoms with Gasteiger partial charge in [-0.05, 0) is 29.8 Å². The highest BCUT2D eigenvalue weighted by Gasteiger charge is 2.14. The lowest BCUT2D eigenvalue weighted by Crippen LogP contribution is -2.09. The van der Waals surface area contributed by atoms with E-state index >= 15 is 0 Å². The lowest BCUT2D eigenvalue weighted by atomic mass is 10.1. The number of carbonyl (C=O) groups excluding carboxylic acids is 1. The van der Waals surface area contributed by atoms with Gasteiger partial charge in [-0.25, -0.2) is 4.79 Å². The largest absolute Gasteiger partial charge is 0.481 e. The summed E-state index contributed by atoms with van der Waals surface area (Å²) in [5.41, 5.74) is -0.0129. The van der Waals surface area contributed by atoms with Crippen LogP contribution in [-0.2, 0) is 14.3 Å². The average molecular weight is 245 g/mol. The first-order valence-corrected chi connectivity index (χ1v) is 4.66. The summed E-state index contributed by atoms with van der Waals surface area (Å²) < 4.78 is 9.43. The third-order valence-electron chi connectivity index (χ3n) is 1.70. The van der Waals surface area contributed by atoms with Gasteiger partial charge in [0.2, 0.25) is 0 Å². The van der Waals surface area contributed by atoms with Crippen molar-refractivity contribution in [2.45, 2.75) is 6.42 Å². The number of rotatable bonds is 4. The molecular weight excluding hydrogens is 236 g/mol. The molecule has 0 spiro atoms. The molecule has 5 nitrogen and oxygen atoms in total. The van der Waals surface area contributed by atoms with Gasteiger partial charge >= 0.3 is 11.9 Å². The third kappa shape index (κ3) is 3.43. The maximum Gasteiger partial charge on any atom is 0.334 e. The standard InChI is InChI=1S/C10H9ClO5/c1-15-10(14)6(5-9(12)13)4-7-2-3-8(11)16-7/h2-4H,5H2,1H3,(H,12,13). The van der Waals surface area contributed by atoms with E-state index in [0.717, 1.165) is 0 Å². The summed E-state index contributed by atoms with van der Waals surface area (Å²) in [6.45, 7) is 0. The van der Waals surface area contributed by atoms with Crippen LogP contribution in [0.3, 0.4) is 0 Å². The van der Waals surface area contributed by atoms with Crippen molar-refractivity contribution >= 4 is 29.6 Å². The molecule has 0 amide bonds. The lowest BCUT2D eigenvalue weighted by molar-refractivity contribution is -0.141. The van der Waals surface area contributed by atoms with Crippen molar-refractivity contribution in [1.29, 1.82) is 0 Å². The zero-order valence-corrected chi connectivity index (χ0v) is 9.15. The predicted octanol–water partition coefficient (Wildman–Crippen LogP) is 1.96. The number of hydrogen-bond acceptors (Lipinski definition) is 4. The van der Waals surface area contributed by atoms with Crippen LogP contribution in [0.15, 0.2) is 22.1 Å². The lowest BCUT2D eigenvalue weighted by Gasteiger charge is -2.01. The van der Waals surface area contributed by atoms with E-state index < -0.39 is 18.4 Å². The van der Waals surface area contributed by atoms with Gasteiger partial charge < -0.3 is 14.3 Å². The molecule has 0 atom stereocenters. The van der Waals surface area contributed by atoms with E-state index in [-0.39, 0.29) is 10.8 Å². The minimum Gasteiger partial charge on any atom is -0.481 e. The van der Waals surface area contributed by atoms with Crippen molar-refractivity contribution in [2.24, 2.45) is 0 Å². The van der Waals surface area contributed by atoms with Crippen LogP contribution in [0.2, 0.25) is 5.22 Å². The molecule has 1 N–H and O–H groups in total. The van der Waals surface area contributed by atoms with Crippen LogP contribution in [0.1, 0.15) is 12.2 Å². The highest BCUT2D eigenvalue weighted by atomic mass is 35.5. The van der Waals surface area contributed by atoms with Gasteiger partial charge in [0.15, 0.2) is 5.22 Å². The fourth-order valence-corrected chi connectivity index (χ4v) is 1.21. The predicted molar refractivity (Wildman–Crippen MR) is 56.0 cm³/mol. The van der Waals surface area contributed by atoms with E-state index in [4.69, 9.17) is 21.1 Å². The van der Waals surface area contributed by atoms with Gasteiger partial charge in [0, 0.05) is 0 Å². The first kappa shape index (κ1) is 12.3. The molecule has 86 valence electrons. The number of methoxy groups -OCH3 is 1. The van der Waals surface area contributed by atoms with Gasteiger partial charge in [-0.1, -0.05) is 0 Å². The minimum atomic E-state index is -1.13. The monoisotopic (exact) mass is 244 g/mol. The number of ether oxygens (including phenoxy) is 1. The van der Waals surface area contributed by atoms with Crippen LogP contribution in [0.4, 0.5) is 0 Å². The smallest absolute Gasteiger partial charge is 0.334 e. The number of aliphatic carboxylic acids is 1. The molecule has 0 unspecified atom stereocenters. The van der Waals surface area contributed by atoms with Crippen molar-refractivity contribution < 1.29 is 23.8 Å². The van der Waals surface area contributed by atoms with Crippen molar-refractivity contribution in [2.75, 3.05) is 7.11 Å². The van der Waals surface area contributed by atoms with E-state index in [0.29, 0.717) is 5.76 Å². The molecule has 16 heavy (non-hydrogen) atoms. The summed E-state index contributed by atoms with van der Waals surface area (Å²) in [6.07, 6.45) is 0.844. The zero-order chi connectivity index (χ0) is 12.1. The van der Waals surface area contributed by atoms with Crippen molar-refractivity contribution in [3.05, 3.63) is 28.7 Å². The highest BCUT2D eigenvalue weighted by Crippen LogP contribution is 2.17. The number of halogens is 1. The summed E-state index contributed by atoms with van der Waals surface area (Å²) in [4.78, 5) is 21.8. The summed E-state index contributed by atoms with van der Waals surface area (Å²) >= 11 is 5.53. The first-order valence-electron chi connectivity index (χ1n) is 4.29. The second-order valence-electron chi connectivity index (χ2n) is 2.87. The Morgan fingerprint density at radius 3 is 2.69 bits per heavy atom. The third-order valence-corrected chi connectivity index (χ3v) is 1.90. The molecule has 6 heteroatoms. The van der Waals surface area contributed by atoms with Crippen LogP contribution in [0.5, 0.6) is 0 Å². The number of hydrogen-bond donors (Lipinski definition) is 1. The number of carbonyl (C=O) groups is 2. The normalized spacial score (nSPS) is 11.2. The second-order valence-corrected chi connectivity index (χ2v) is 3.25. The van der Waals surface area contributed by atoms with Crippen molar-refractivity contribution in [3.63, 3.8) is 0 Å². The molecule has 0 saturated carbocycles.